The van der Waals surface area contributed by atoms with E-state index in [2.05, 4.69) is 33.8 Å². The number of rotatable bonds is 3. The van der Waals surface area contributed by atoms with Gasteiger partial charge < -0.3 is 0 Å². The van der Waals surface area contributed by atoms with Gasteiger partial charge in [0.1, 0.15) is 0 Å². The summed E-state index contributed by atoms with van der Waals surface area (Å²) in [4.78, 5) is 1.23. The quantitative estimate of drug-likeness (QED) is 0.811. The lowest BCUT2D eigenvalue weighted by atomic mass is 10.1. The lowest BCUT2D eigenvalue weighted by Crippen LogP contribution is -2.16. The molecule has 1 aliphatic heterocycles. The molecule has 1 aliphatic carbocycles. The van der Waals surface area contributed by atoms with Gasteiger partial charge in [-0.15, -0.1) is 0 Å². The van der Waals surface area contributed by atoms with Crippen molar-refractivity contribution in [1.82, 2.24) is 14.1 Å². The third-order valence-corrected chi connectivity index (χ3v) is 5.52. The molecule has 2 fully saturated rings. The molecule has 104 valence electrons. The molecule has 4 rings (SSSR count). The summed E-state index contributed by atoms with van der Waals surface area (Å²) in [6, 6.07) is 8.36. The maximum absolute atomic E-state index is 6.09. The van der Waals surface area contributed by atoms with Crippen LogP contribution in [0.2, 0.25) is 5.02 Å². The number of benzene rings is 1. The SMILES string of the molecule is Cn1cc(SN2CC3C(C2)C3c2cccc(Cl)c2)cn1. The lowest BCUT2D eigenvalue weighted by Gasteiger charge is -2.17. The zero-order valence-corrected chi connectivity index (χ0v) is 12.8. The highest BCUT2D eigenvalue weighted by atomic mass is 35.5. The molecule has 0 amide bonds. The van der Waals surface area contributed by atoms with E-state index in [1.54, 1.807) is 0 Å². The summed E-state index contributed by atoms with van der Waals surface area (Å²) in [5.74, 6) is 2.33. The predicted octanol–water partition coefficient (Wildman–Crippen LogP) is 3.43. The summed E-state index contributed by atoms with van der Waals surface area (Å²) in [6.07, 6.45) is 4.01. The number of piperidine rings is 1. The zero-order chi connectivity index (χ0) is 13.7. The molecule has 3 nitrogen and oxygen atoms in total. The van der Waals surface area contributed by atoms with Crippen LogP contribution in [0.25, 0.3) is 0 Å². The highest BCUT2D eigenvalue weighted by Gasteiger charge is 2.56. The Labute approximate surface area is 128 Å². The van der Waals surface area contributed by atoms with Gasteiger partial charge in [0.05, 0.1) is 11.1 Å². The Bertz CT molecular complexity index is 630. The summed E-state index contributed by atoms with van der Waals surface area (Å²) in [7, 11) is 1.96. The smallest absolute Gasteiger partial charge is 0.0639 e. The molecule has 1 aromatic carbocycles. The second-order valence-corrected chi connectivity index (χ2v) is 7.30. The van der Waals surface area contributed by atoms with Gasteiger partial charge in [0.15, 0.2) is 0 Å². The molecular weight excluding hydrogens is 290 g/mol. The van der Waals surface area contributed by atoms with E-state index in [4.69, 9.17) is 11.6 Å². The highest BCUT2D eigenvalue weighted by Crippen LogP contribution is 2.59. The number of nitrogens with zero attached hydrogens (tertiary/aromatic N) is 3. The molecule has 0 radical (unpaired) electrons. The van der Waals surface area contributed by atoms with E-state index in [-0.39, 0.29) is 0 Å². The number of hydrogen-bond acceptors (Lipinski definition) is 3. The van der Waals surface area contributed by atoms with Crippen LogP contribution in [0.3, 0.4) is 0 Å². The first kappa shape index (κ1) is 12.7. The fourth-order valence-electron chi connectivity index (χ4n) is 3.37. The van der Waals surface area contributed by atoms with Crippen molar-refractivity contribution in [3.05, 3.63) is 47.2 Å². The van der Waals surface area contributed by atoms with Crippen molar-refractivity contribution in [3.63, 3.8) is 0 Å². The van der Waals surface area contributed by atoms with Crippen molar-refractivity contribution in [2.24, 2.45) is 18.9 Å². The average Bonchev–Trinajstić information content (AvgIpc) is 2.74. The maximum Gasteiger partial charge on any atom is 0.0639 e. The molecule has 1 saturated carbocycles. The molecule has 2 aliphatic rings. The third kappa shape index (κ3) is 2.26. The number of fused-ring (bicyclic) bond motifs is 1. The summed E-state index contributed by atoms with van der Waals surface area (Å²) in [5.41, 5.74) is 1.42. The van der Waals surface area contributed by atoms with Crippen molar-refractivity contribution >= 4 is 23.5 Å². The van der Waals surface area contributed by atoms with Crippen molar-refractivity contribution in [3.8, 4) is 0 Å². The zero-order valence-electron chi connectivity index (χ0n) is 11.2. The van der Waals surface area contributed by atoms with Crippen molar-refractivity contribution in [2.75, 3.05) is 13.1 Å². The molecule has 1 aromatic heterocycles. The van der Waals surface area contributed by atoms with E-state index in [0.29, 0.717) is 0 Å². The summed E-state index contributed by atoms with van der Waals surface area (Å²) in [5, 5.41) is 5.07. The summed E-state index contributed by atoms with van der Waals surface area (Å²) in [6.45, 7) is 2.34. The molecule has 2 unspecified atom stereocenters. The van der Waals surface area contributed by atoms with Crippen LogP contribution in [0.4, 0.5) is 0 Å². The fraction of sp³-hybridized carbons (Fsp3) is 0.400. The molecule has 1 saturated heterocycles. The van der Waals surface area contributed by atoms with Gasteiger partial charge in [0, 0.05) is 31.4 Å². The Morgan fingerprint density at radius 2 is 2.10 bits per heavy atom. The van der Waals surface area contributed by atoms with E-state index >= 15 is 0 Å². The Balaban J connectivity index is 1.39. The first-order valence-electron chi connectivity index (χ1n) is 6.88. The minimum absolute atomic E-state index is 0.722. The second-order valence-electron chi connectivity index (χ2n) is 5.70. The molecule has 5 heteroatoms. The van der Waals surface area contributed by atoms with Gasteiger partial charge in [0.25, 0.3) is 0 Å². The second kappa shape index (κ2) is 4.79. The van der Waals surface area contributed by atoms with Gasteiger partial charge in [-0.3, -0.25) is 4.68 Å². The average molecular weight is 306 g/mol. The molecule has 2 aromatic rings. The minimum Gasteiger partial charge on any atom is -0.275 e. The lowest BCUT2D eigenvalue weighted by molar-refractivity contribution is 0.498. The van der Waals surface area contributed by atoms with E-state index in [1.165, 1.54) is 23.5 Å². The topological polar surface area (TPSA) is 21.1 Å². The largest absolute Gasteiger partial charge is 0.275 e. The van der Waals surface area contributed by atoms with Crippen LogP contribution in [-0.2, 0) is 7.05 Å². The number of aryl methyl sites for hydroxylation is 1. The van der Waals surface area contributed by atoms with Crippen molar-refractivity contribution < 1.29 is 0 Å². The standard InChI is InChI=1S/C15H16ClN3S/c1-18-7-12(6-17-18)20-19-8-13-14(9-19)15(13)10-3-2-4-11(16)5-10/h2-7,13-15H,8-9H2,1H3. The molecular formula is C15H16ClN3S. The van der Waals surface area contributed by atoms with Crippen LogP contribution >= 0.6 is 23.5 Å². The monoisotopic (exact) mass is 305 g/mol. The first-order valence-corrected chi connectivity index (χ1v) is 8.03. The van der Waals surface area contributed by atoms with Crippen LogP contribution in [-0.4, -0.2) is 27.2 Å². The number of aromatic nitrogens is 2. The first-order chi connectivity index (χ1) is 9.70. The van der Waals surface area contributed by atoms with Crippen LogP contribution in [0, 0.1) is 11.8 Å². The Kier molecular flexibility index (Phi) is 3.05. The fourth-order valence-corrected chi connectivity index (χ4v) is 4.65. The molecule has 0 spiro atoms. The third-order valence-electron chi connectivity index (χ3n) is 4.31. The van der Waals surface area contributed by atoms with Crippen LogP contribution in [0.1, 0.15) is 11.5 Å². The predicted molar refractivity (Wildman–Crippen MR) is 81.8 cm³/mol. The Hall–Kier alpha value is -0.970. The summed E-state index contributed by atoms with van der Waals surface area (Å²) >= 11 is 7.92. The van der Waals surface area contributed by atoms with Gasteiger partial charge in [-0.1, -0.05) is 23.7 Å². The van der Waals surface area contributed by atoms with E-state index in [9.17, 15) is 0 Å². The van der Waals surface area contributed by atoms with Gasteiger partial charge in [-0.05, 0) is 47.4 Å². The van der Waals surface area contributed by atoms with E-state index < -0.39 is 0 Å². The normalized spacial score (nSPS) is 28.6. The van der Waals surface area contributed by atoms with Crippen molar-refractivity contribution in [2.45, 2.75) is 10.8 Å². The van der Waals surface area contributed by atoms with Crippen LogP contribution < -0.4 is 0 Å². The van der Waals surface area contributed by atoms with Gasteiger partial charge in [0.2, 0.25) is 0 Å². The van der Waals surface area contributed by atoms with E-state index in [0.717, 1.165) is 22.8 Å². The molecule has 20 heavy (non-hydrogen) atoms. The van der Waals surface area contributed by atoms with Gasteiger partial charge in [-0.2, -0.15) is 5.10 Å². The van der Waals surface area contributed by atoms with E-state index in [1.807, 2.05) is 35.9 Å². The number of halogens is 1. The number of hydrogen-bond donors (Lipinski definition) is 0. The highest BCUT2D eigenvalue weighted by molar-refractivity contribution is 7.97. The van der Waals surface area contributed by atoms with Crippen LogP contribution in [0.15, 0.2) is 41.6 Å². The molecule has 0 N–H and O–H groups in total. The molecule has 2 atom stereocenters. The Morgan fingerprint density at radius 1 is 1.30 bits per heavy atom. The molecule has 2 heterocycles. The van der Waals surface area contributed by atoms with Crippen molar-refractivity contribution in [1.29, 1.82) is 0 Å². The maximum atomic E-state index is 6.09. The van der Waals surface area contributed by atoms with Crippen LogP contribution in [0.5, 0.6) is 0 Å². The van der Waals surface area contributed by atoms with Gasteiger partial charge >= 0.3 is 0 Å². The molecule has 0 bridgehead atoms. The summed E-state index contributed by atoms with van der Waals surface area (Å²) < 4.78 is 4.32. The van der Waals surface area contributed by atoms with Gasteiger partial charge in [-0.25, -0.2) is 4.31 Å². The minimum atomic E-state index is 0.722. The Morgan fingerprint density at radius 3 is 2.75 bits per heavy atom.